The average Bonchev–Trinajstić information content (AvgIpc) is 3.50. The number of unbranched alkanes of at least 4 members (excludes halogenated alkanes) is 61. The molecule has 0 aromatic carbocycles. The number of carbonyl (C=O) groups excluding carboxylic acids is 2. The molecule has 0 aliphatic rings. The molecule has 0 rings (SSSR count). The molecule has 0 spiro atoms. The maximum absolute atomic E-state index is 12.5. The van der Waals surface area contributed by atoms with Crippen molar-refractivity contribution in [2.45, 2.75) is 456 Å². The van der Waals surface area contributed by atoms with Gasteiger partial charge >= 0.3 is 5.97 Å². The van der Waals surface area contributed by atoms with Gasteiger partial charge in [0.15, 0.2) is 0 Å². The highest BCUT2D eigenvalue weighted by molar-refractivity contribution is 5.76. The van der Waals surface area contributed by atoms with Gasteiger partial charge in [0.05, 0.1) is 25.4 Å². The average molecular weight is 1200 g/mol. The van der Waals surface area contributed by atoms with Crippen LogP contribution in [0.4, 0.5) is 0 Å². The van der Waals surface area contributed by atoms with E-state index in [4.69, 9.17) is 4.74 Å². The monoisotopic (exact) mass is 1200 g/mol. The maximum atomic E-state index is 12.5. The molecule has 0 bridgehead atoms. The van der Waals surface area contributed by atoms with E-state index in [1.165, 1.54) is 379 Å². The standard InChI is InChI=1S/C79H153NO5/c1-3-5-7-9-11-13-15-17-19-21-41-45-49-53-57-61-65-69-73-79(84)85-74-70-66-62-58-54-50-46-42-38-36-34-32-30-28-26-24-22-23-25-27-29-31-33-35-37-40-44-48-52-56-60-64-68-72-78(83)80-76(75-81)77(82)71-67-63-59-55-51-47-43-39-20-18-16-14-12-10-8-6-4-2/h19,21,67,71,76-77,81-82H,3-18,20,22-66,68-70,72-75H2,1-2H3,(H,80,83)/b21-19-,71-67+. The molecule has 0 radical (unpaired) electrons. The Morgan fingerprint density at radius 2 is 0.553 bits per heavy atom. The van der Waals surface area contributed by atoms with Gasteiger partial charge in [-0.25, -0.2) is 0 Å². The molecule has 1 amide bonds. The number of aliphatic hydroxyl groups is 2. The van der Waals surface area contributed by atoms with Crippen LogP contribution >= 0.6 is 0 Å². The van der Waals surface area contributed by atoms with Crippen molar-refractivity contribution in [3.05, 3.63) is 24.3 Å². The van der Waals surface area contributed by atoms with E-state index >= 15 is 0 Å². The van der Waals surface area contributed by atoms with Crippen molar-refractivity contribution < 1.29 is 24.5 Å². The molecular weight excluding hydrogens is 1040 g/mol. The Morgan fingerprint density at radius 3 is 0.835 bits per heavy atom. The third-order valence-electron chi connectivity index (χ3n) is 18.5. The lowest BCUT2D eigenvalue weighted by Crippen LogP contribution is -2.45. The van der Waals surface area contributed by atoms with Crippen LogP contribution in [0.1, 0.15) is 444 Å². The van der Waals surface area contributed by atoms with Gasteiger partial charge in [-0.05, 0) is 57.8 Å². The number of esters is 1. The van der Waals surface area contributed by atoms with Crippen LogP contribution in [0, 0.1) is 0 Å². The zero-order chi connectivity index (χ0) is 61.3. The number of nitrogens with one attached hydrogen (secondary N) is 1. The number of aliphatic hydroxyl groups excluding tert-OH is 2. The van der Waals surface area contributed by atoms with Crippen molar-refractivity contribution in [1.29, 1.82) is 0 Å². The summed E-state index contributed by atoms with van der Waals surface area (Å²) in [6.07, 6.45) is 95.8. The van der Waals surface area contributed by atoms with Crippen LogP contribution in [-0.2, 0) is 14.3 Å². The first-order valence-electron chi connectivity index (χ1n) is 39.1. The summed E-state index contributed by atoms with van der Waals surface area (Å²) < 4.78 is 5.51. The molecule has 85 heavy (non-hydrogen) atoms. The van der Waals surface area contributed by atoms with Crippen molar-refractivity contribution in [3.63, 3.8) is 0 Å². The SMILES string of the molecule is CCCCCCCCC/C=C\CCCCCCCCCC(=O)OCCCCCCCCCCCCCCCCCCCCCCCCCCCCCCCCCCCC(=O)NC(CO)C(O)/C=C/CCCCCCCCCCCCCCCCC. The number of allylic oxidation sites excluding steroid dienone is 3. The van der Waals surface area contributed by atoms with Crippen LogP contribution in [0.5, 0.6) is 0 Å². The van der Waals surface area contributed by atoms with Crippen molar-refractivity contribution in [2.24, 2.45) is 0 Å². The molecule has 6 nitrogen and oxygen atoms in total. The lowest BCUT2D eigenvalue weighted by Gasteiger charge is -2.20. The van der Waals surface area contributed by atoms with Gasteiger partial charge in [-0.3, -0.25) is 9.59 Å². The van der Waals surface area contributed by atoms with Gasteiger partial charge in [0.2, 0.25) is 5.91 Å². The number of ether oxygens (including phenoxy) is 1. The molecule has 0 saturated heterocycles. The Kier molecular flexibility index (Phi) is 73.3. The maximum Gasteiger partial charge on any atom is 0.305 e. The summed E-state index contributed by atoms with van der Waals surface area (Å²) in [5.41, 5.74) is 0. The molecule has 504 valence electrons. The van der Waals surface area contributed by atoms with Crippen LogP contribution in [0.2, 0.25) is 0 Å². The van der Waals surface area contributed by atoms with E-state index in [1.807, 2.05) is 6.08 Å². The second-order valence-corrected chi connectivity index (χ2v) is 27.0. The van der Waals surface area contributed by atoms with E-state index in [2.05, 4.69) is 31.3 Å². The molecule has 0 saturated carbocycles. The molecule has 6 heteroatoms. The molecule has 3 N–H and O–H groups in total. The zero-order valence-electron chi connectivity index (χ0n) is 57.9. The summed E-state index contributed by atoms with van der Waals surface area (Å²) in [5, 5.41) is 23.2. The highest BCUT2D eigenvalue weighted by atomic mass is 16.5. The van der Waals surface area contributed by atoms with Gasteiger partial charge in [-0.2, -0.15) is 0 Å². The van der Waals surface area contributed by atoms with E-state index in [0.29, 0.717) is 19.4 Å². The topological polar surface area (TPSA) is 95.9 Å². The quantitative estimate of drug-likeness (QED) is 0.0320. The minimum absolute atomic E-state index is 0.0195. The van der Waals surface area contributed by atoms with Gasteiger partial charge in [-0.15, -0.1) is 0 Å². The number of amides is 1. The van der Waals surface area contributed by atoms with E-state index < -0.39 is 12.1 Å². The summed E-state index contributed by atoms with van der Waals surface area (Å²) >= 11 is 0. The second-order valence-electron chi connectivity index (χ2n) is 27.0. The molecule has 2 unspecified atom stereocenters. The number of carbonyl (C=O) groups is 2. The fraction of sp³-hybridized carbons (Fsp3) is 0.924. The third-order valence-corrected chi connectivity index (χ3v) is 18.5. The van der Waals surface area contributed by atoms with Crippen molar-refractivity contribution >= 4 is 11.9 Å². The normalized spacial score (nSPS) is 12.6. The minimum Gasteiger partial charge on any atom is -0.466 e. The Hall–Kier alpha value is -1.66. The van der Waals surface area contributed by atoms with Crippen LogP contribution in [0.3, 0.4) is 0 Å². The Bertz CT molecular complexity index is 1330. The summed E-state index contributed by atoms with van der Waals surface area (Å²) in [5.74, 6) is -0.0399. The number of hydrogen-bond acceptors (Lipinski definition) is 5. The van der Waals surface area contributed by atoms with E-state index in [9.17, 15) is 19.8 Å². The third kappa shape index (κ3) is 71.3. The molecule has 0 aliphatic carbocycles. The molecular formula is C79H153NO5. The first-order valence-corrected chi connectivity index (χ1v) is 39.1. The summed E-state index contributed by atoms with van der Waals surface area (Å²) in [7, 11) is 0. The molecule has 0 aromatic rings. The Balaban J connectivity index is 3.32. The van der Waals surface area contributed by atoms with Crippen LogP contribution in [-0.4, -0.2) is 47.4 Å². The van der Waals surface area contributed by atoms with Gasteiger partial charge in [-0.1, -0.05) is 398 Å². The zero-order valence-corrected chi connectivity index (χ0v) is 57.9. The largest absolute Gasteiger partial charge is 0.466 e. The fourth-order valence-corrected chi connectivity index (χ4v) is 12.5. The predicted octanol–water partition coefficient (Wildman–Crippen LogP) is 25.7. The highest BCUT2D eigenvalue weighted by Gasteiger charge is 2.18. The van der Waals surface area contributed by atoms with Crippen molar-refractivity contribution in [3.8, 4) is 0 Å². The van der Waals surface area contributed by atoms with E-state index in [1.54, 1.807) is 6.08 Å². The summed E-state index contributed by atoms with van der Waals surface area (Å²) in [4.78, 5) is 24.6. The smallest absolute Gasteiger partial charge is 0.305 e. The first-order chi connectivity index (χ1) is 42.0. The molecule has 2 atom stereocenters. The van der Waals surface area contributed by atoms with Gasteiger partial charge < -0.3 is 20.3 Å². The second kappa shape index (κ2) is 74.8. The lowest BCUT2D eigenvalue weighted by atomic mass is 10.0. The Morgan fingerprint density at radius 1 is 0.318 bits per heavy atom. The van der Waals surface area contributed by atoms with Crippen LogP contribution in [0.15, 0.2) is 24.3 Å². The van der Waals surface area contributed by atoms with Crippen LogP contribution in [0.25, 0.3) is 0 Å². The van der Waals surface area contributed by atoms with E-state index in [0.717, 1.165) is 38.5 Å². The molecule has 0 aromatic heterocycles. The van der Waals surface area contributed by atoms with Gasteiger partial charge in [0.1, 0.15) is 0 Å². The first kappa shape index (κ1) is 83.3. The van der Waals surface area contributed by atoms with Crippen molar-refractivity contribution in [1.82, 2.24) is 5.32 Å². The molecule has 0 aliphatic heterocycles. The minimum atomic E-state index is -0.841. The summed E-state index contributed by atoms with van der Waals surface area (Å²) in [6, 6.07) is -0.624. The summed E-state index contributed by atoms with van der Waals surface area (Å²) in [6.45, 7) is 4.95. The van der Waals surface area contributed by atoms with Gasteiger partial charge in [0.25, 0.3) is 0 Å². The Labute approximate surface area is 532 Å². The van der Waals surface area contributed by atoms with Crippen LogP contribution < -0.4 is 5.32 Å². The predicted molar refractivity (Wildman–Crippen MR) is 375 cm³/mol. The highest BCUT2D eigenvalue weighted by Crippen LogP contribution is 2.20. The van der Waals surface area contributed by atoms with E-state index in [-0.39, 0.29) is 18.5 Å². The molecule has 0 fully saturated rings. The number of rotatable bonds is 74. The fourth-order valence-electron chi connectivity index (χ4n) is 12.5. The van der Waals surface area contributed by atoms with Crippen molar-refractivity contribution in [2.75, 3.05) is 13.2 Å². The number of hydrogen-bond donors (Lipinski definition) is 3. The van der Waals surface area contributed by atoms with Gasteiger partial charge in [0, 0.05) is 12.8 Å². The lowest BCUT2D eigenvalue weighted by molar-refractivity contribution is -0.143. The molecule has 0 heterocycles.